The summed E-state index contributed by atoms with van der Waals surface area (Å²) in [7, 11) is 0. The van der Waals surface area contributed by atoms with Gasteiger partial charge in [-0.1, -0.05) is 0 Å². The van der Waals surface area contributed by atoms with Crippen LogP contribution in [0, 0.1) is 6.92 Å². The molecule has 2 N–H and O–H groups in total. The summed E-state index contributed by atoms with van der Waals surface area (Å²) in [4.78, 5) is 25.4. The number of carbonyl (C=O) groups is 1. The minimum Gasteiger partial charge on any atom is -0.317 e. The summed E-state index contributed by atoms with van der Waals surface area (Å²) in [6, 6.07) is 3.71. The van der Waals surface area contributed by atoms with Gasteiger partial charge in [-0.3, -0.25) is 14.3 Å². The molecule has 0 aliphatic carbocycles. The van der Waals surface area contributed by atoms with Crippen LogP contribution in [0.2, 0.25) is 0 Å². The maximum absolute atomic E-state index is 12.8. The molecule has 0 bridgehead atoms. The number of rotatable bonds is 4. The van der Waals surface area contributed by atoms with Crippen molar-refractivity contribution in [2.75, 3.05) is 18.4 Å². The smallest absolute Gasteiger partial charge is 0.263 e. The van der Waals surface area contributed by atoms with Gasteiger partial charge in [0.15, 0.2) is 5.82 Å². The molecule has 1 aliphatic heterocycles. The van der Waals surface area contributed by atoms with E-state index < -0.39 is 5.91 Å². The van der Waals surface area contributed by atoms with Crippen LogP contribution in [0.25, 0.3) is 0 Å². The molecule has 0 aromatic carbocycles. The summed E-state index contributed by atoms with van der Waals surface area (Å²) in [5, 5.41) is 10.2. The highest BCUT2D eigenvalue weighted by atomic mass is 35.5. The first kappa shape index (κ1) is 19.2. The van der Waals surface area contributed by atoms with E-state index in [2.05, 4.69) is 15.7 Å². The van der Waals surface area contributed by atoms with Crippen molar-refractivity contribution in [2.45, 2.75) is 39.3 Å². The van der Waals surface area contributed by atoms with Crippen LogP contribution < -0.4 is 16.2 Å². The third-order valence-corrected chi connectivity index (χ3v) is 4.46. The summed E-state index contributed by atoms with van der Waals surface area (Å²) in [6.07, 6.45) is 5.38. The van der Waals surface area contributed by atoms with Crippen molar-refractivity contribution >= 4 is 24.1 Å². The number of piperidine rings is 1. The Morgan fingerprint density at radius 1 is 1.32 bits per heavy atom. The van der Waals surface area contributed by atoms with E-state index in [9.17, 15) is 9.59 Å². The number of aromatic nitrogens is 3. The van der Waals surface area contributed by atoms with Crippen molar-refractivity contribution in [1.29, 1.82) is 0 Å². The number of hydrogen-bond donors (Lipinski definition) is 2. The Morgan fingerprint density at radius 2 is 2.04 bits per heavy atom. The standard InChI is InChI=1S/C17H23N5O2.ClH/c1-3-21-10-7-14(20-21)19-16(23)15-12(2)6-11-22(17(15)24)13-4-8-18-9-5-13;/h6-7,10-11,13,18H,3-5,8-9H2,1-2H3,(H,19,20,23);1H. The lowest BCUT2D eigenvalue weighted by atomic mass is 10.0. The van der Waals surface area contributed by atoms with E-state index in [0.29, 0.717) is 11.4 Å². The van der Waals surface area contributed by atoms with Gasteiger partial charge in [-0.25, -0.2) is 0 Å². The zero-order valence-corrected chi connectivity index (χ0v) is 15.3. The predicted octanol–water partition coefficient (Wildman–Crippen LogP) is 1.97. The van der Waals surface area contributed by atoms with Gasteiger partial charge in [-0.05, 0) is 51.4 Å². The first-order chi connectivity index (χ1) is 11.6. The van der Waals surface area contributed by atoms with E-state index in [1.54, 1.807) is 34.6 Å². The lowest BCUT2D eigenvalue weighted by Gasteiger charge is -2.25. The lowest BCUT2D eigenvalue weighted by molar-refractivity contribution is 0.102. The highest BCUT2D eigenvalue weighted by Crippen LogP contribution is 2.17. The molecule has 3 rings (SSSR count). The number of hydrogen-bond acceptors (Lipinski definition) is 4. The second kappa shape index (κ2) is 8.31. The molecule has 1 amide bonds. The van der Waals surface area contributed by atoms with Crippen LogP contribution in [-0.2, 0) is 6.54 Å². The first-order valence-electron chi connectivity index (χ1n) is 8.37. The van der Waals surface area contributed by atoms with E-state index in [-0.39, 0.29) is 29.6 Å². The number of halogens is 1. The number of aryl methyl sites for hydroxylation is 2. The van der Waals surface area contributed by atoms with Gasteiger partial charge in [0.05, 0.1) is 0 Å². The molecule has 1 fully saturated rings. The van der Waals surface area contributed by atoms with Gasteiger partial charge in [-0.2, -0.15) is 5.10 Å². The van der Waals surface area contributed by atoms with Crippen molar-refractivity contribution in [2.24, 2.45) is 0 Å². The van der Waals surface area contributed by atoms with Gasteiger partial charge in [0.25, 0.3) is 11.5 Å². The van der Waals surface area contributed by atoms with E-state index in [1.165, 1.54) is 0 Å². The Kier molecular flexibility index (Phi) is 6.39. The van der Waals surface area contributed by atoms with Crippen molar-refractivity contribution in [3.05, 3.63) is 46.0 Å². The SMILES string of the molecule is CCn1ccc(NC(=O)c2c(C)ccn(C3CCNCC3)c2=O)n1.Cl. The van der Waals surface area contributed by atoms with E-state index in [0.717, 1.165) is 32.5 Å². The van der Waals surface area contributed by atoms with Crippen LogP contribution in [0.1, 0.15) is 41.7 Å². The fourth-order valence-electron chi connectivity index (χ4n) is 3.07. The summed E-state index contributed by atoms with van der Waals surface area (Å²) in [5.41, 5.74) is 0.647. The largest absolute Gasteiger partial charge is 0.317 e. The summed E-state index contributed by atoms with van der Waals surface area (Å²) in [5.74, 6) is 0.0556. The quantitative estimate of drug-likeness (QED) is 0.868. The highest BCUT2D eigenvalue weighted by molar-refractivity contribution is 6.04. The zero-order chi connectivity index (χ0) is 17.1. The Hall–Kier alpha value is -2.12. The van der Waals surface area contributed by atoms with Gasteiger partial charge in [-0.15, -0.1) is 12.4 Å². The van der Waals surface area contributed by atoms with Gasteiger partial charge < -0.3 is 15.2 Å². The average Bonchev–Trinajstić information content (AvgIpc) is 3.03. The van der Waals surface area contributed by atoms with Gasteiger partial charge in [0, 0.05) is 31.0 Å². The minimum atomic E-state index is -0.401. The van der Waals surface area contributed by atoms with Crippen LogP contribution in [0.3, 0.4) is 0 Å². The molecular weight excluding hydrogens is 342 g/mol. The third-order valence-electron chi connectivity index (χ3n) is 4.46. The zero-order valence-electron chi connectivity index (χ0n) is 14.5. The topological polar surface area (TPSA) is 81.0 Å². The second-order valence-corrected chi connectivity index (χ2v) is 6.08. The Morgan fingerprint density at radius 3 is 2.68 bits per heavy atom. The molecule has 0 unspecified atom stereocenters. The lowest BCUT2D eigenvalue weighted by Crippen LogP contribution is -2.37. The van der Waals surface area contributed by atoms with Gasteiger partial charge in [0.2, 0.25) is 0 Å². The summed E-state index contributed by atoms with van der Waals surface area (Å²) in [6.45, 7) is 6.26. The highest BCUT2D eigenvalue weighted by Gasteiger charge is 2.21. The van der Waals surface area contributed by atoms with E-state index in [1.807, 2.05) is 13.0 Å². The summed E-state index contributed by atoms with van der Waals surface area (Å²) < 4.78 is 3.42. The van der Waals surface area contributed by atoms with Gasteiger partial charge in [0.1, 0.15) is 5.56 Å². The Bertz CT molecular complexity index is 793. The average molecular weight is 366 g/mol. The van der Waals surface area contributed by atoms with Crippen molar-refractivity contribution in [3.63, 3.8) is 0 Å². The fraction of sp³-hybridized carbons (Fsp3) is 0.471. The molecule has 1 saturated heterocycles. The van der Waals surface area contributed by atoms with Crippen molar-refractivity contribution in [1.82, 2.24) is 19.7 Å². The molecular formula is C17H24ClN5O2. The van der Waals surface area contributed by atoms with Crippen LogP contribution in [0.4, 0.5) is 5.82 Å². The molecule has 8 heteroatoms. The van der Waals surface area contributed by atoms with Crippen LogP contribution in [-0.4, -0.2) is 33.3 Å². The van der Waals surface area contributed by atoms with Gasteiger partial charge >= 0.3 is 0 Å². The Labute approximate surface area is 152 Å². The number of pyridine rings is 1. The third kappa shape index (κ3) is 4.11. The van der Waals surface area contributed by atoms with Crippen LogP contribution >= 0.6 is 12.4 Å². The molecule has 7 nitrogen and oxygen atoms in total. The molecule has 3 heterocycles. The molecule has 0 radical (unpaired) electrons. The molecule has 25 heavy (non-hydrogen) atoms. The van der Waals surface area contributed by atoms with Crippen LogP contribution in [0.5, 0.6) is 0 Å². The molecule has 2 aromatic rings. The monoisotopic (exact) mass is 365 g/mol. The molecule has 0 spiro atoms. The molecule has 2 aromatic heterocycles. The predicted molar refractivity (Wildman–Crippen MR) is 99.7 cm³/mol. The maximum Gasteiger partial charge on any atom is 0.263 e. The number of nitrogens with one attached hydrogen (secondary N) is 2. The molecule has 1 aliphatic rings. The van der Waals surface area contributed by atoms with E-state index >= 15 is 0 Å². The number of nitrogens with zero attached hydrogens (tertiary/aromatic N) is 3. The first-order valence-corrected chi connectivity index (χ1v) is 8.37. The molecule has 136 valence electrons. The number of carbonyl (C=O) groups excluding carboxylic acids is 1. The second-order valence-electron chi connectivity index (χ2n) is 6.08. The van der Waals surface area contributed by atoms with Crippen LogP contribution in [0.15, 0.2) is 29.3 Å². The normalized spacial score (nSPS) is 14.8. The molecule has 0 saturated carbocycles. The minimum absolute atomic E-state index is 0. The number of anilines is 1. The summed E-state index contributed by atoms with van der Waals surface area (Å²) >= 11 is 0. The molecule has 0 atom stereocenters. The van der Waals surface area contributed by atoms with Crippen molar-refractivity contribution in [3.8, 4) is 0 Å². The Balaban J connectivity index is 0.00000225. The fourth-order valence-corrected chi connectivity index (χ4v) is 3.07. The maximum atomic E-state index is 12.8. The van der Waals surface area contributed by atoms with Crippen molar-refractivity contribution < 1.29 is 4.79 Å². The van der Waals surface area contributed by atoms with E-state index in [4.69, 9.17) is 0 Å². The number of amides is 1.